The lowest BCUT2D eigenvalue weighted by atomic mass is 9.85. The fourth-order valence-electron chi connectivity index (χ4n) is 4.45. The number of rotatable bonds is 8. The van der Waals surface area contributed by atoms with Gasteiger partial charge in [-0.2, -0.15) is 5.10 Å². The zero-order valence-corrected chi connectivity index (χ0v) is 21.7. The van der Waals surface area contributed by atoms with Crippen LogP contribution in [0.25, 0.3) is 10.9 Å². The van der Waals surface area contributed by atoms with Gasteiger partial charge in [0.05, 0.1) is 23.3 Å². The van der Waals surface area contributed by atoms with E-state index in [0.29, 0.717) is 38.0 Å². The minimum absolute atomic E-state index is 0.107. The quantitative estimate of drug-likeness (QED) is 0.406. The summed E-state index contributed by atoms with van der Waals surface area (Å²) in [6.45, 7) is 10.7. The molecule has 0 bridgehead atoms. The van der Waals surface area contributed by atoms with Crippen LogP contribution in [-0.2, 0) is 16.1 Å². The van der Waals surface area contributed by atoms with Crippen molar-refractivity contribution in [3.63, 3.8) is 0 Å². The number of carbonyl (C=O) groups is 2. The molecule has 2 heterocycles. The number of nitrogens with zero attached hydrogens (tertiary/aromatic N) is 3. The molecule has 1 fully saturated rings. The molecule has 2 amide bonds. The number of aliphatic hydroxyl groups is 1. The second kappa shape index (κ2) is 10.8. The molecule has 0 aliphatic carbocycles. The highest BCUT2D eigenvalue weighted by atomic mass is 16.5. The van der Waals surface area contributed by atoms with Crippen molar-refractivity contribution in [2.45, 2.75) is 51.8 Å². The summed E-state index contributed by atoms with van der Waals surface area (Å²) in [6, 6.07) is 14.4. The van der Waals surface area contributed by atoms with Gasteiger partial charge in [0.2, 0.25) is 5.91 Å². The highest BCUT2D eigenvalue weighted by Gasteiger charge is 2.36. The van der Waals surface area contributed by atoms with Crippen molar-refractivity contribution in [2.24, 2.45) is 10.4 Å². The number of fused-ring (bicyclic) bond motifs is 1. The summed E-state index contributed by atoms with van der Waals surface area (Å²) in [5.74, 6) is -0.776. The summed E-state index contributed by atoms with van der Waals surface area (Å²) in [6.07, 6.45) is 0.909. The number of carbonyl (C=O) groups excluding carboxylic acids is 2. The fourth-order valence-corrected chi connectivity index (χ4v) is 4.45. The summed E-state index contributed by atoms with van der Waals surface area (Å²) < 4.78 is 7.10. The maximum Gasteiger partial charge on any atom is 0.273 e. The second-order valence-electron chi connectivity index (χ2n) is 10.7. The Morgan fingerprint density at radius 2 is 1.84 bits per heavy atom. The van der Waals surface area contributed by atoms with Gasteiger partial charge in [-0.3, -0.25) is 19.3 Å². The van der Waals surface area contributed by atoms with Gasteiger partial charge >= 0.3 is 0 Å². The van der Waals surface area contributed by atoms with Crippen molar-refractivity contribution in [3.8, 4) is 0 Å². The van der Waals surface area contributed by atoms with E-state index in [1.54, 1.807) is 4.68 Å². The SMILES string of the molecule is C=Nc1ccc(Cn2nc(C(=O)NC(C(=O)NCC3(O)CCOCC3)C(C)(C)C)c3ccccc32)cc1. The lowest BCUT2D eigenvalue weighted by Crippen LogP contribution is -2.56. The molecule has 3 N–H and O–H groups in total. The first kappa shape index (κ1) is 26.5. The van der Waals surface area contributed by atoms with Crippen molar-refractivity contribution >= 4 is 35.1 Å². The molecule has 1 aliphatic rings. The smallest absolute Gasteiger partial charge is 0.273 e. The van der Waals surface area contributed by atoms with Crippen LogP contribution in [0.2, 0.25) is 0 Å². The van der Waals surface area contributed by atoms with E-state index in [2.05, 4.69) is 27.4 Å². The molecular weight excluding hydrogens is 470 g/mol. The maximum absolute atomic E-state index is 13.5. The maximum atomic E-state index is 13.5. The van der Waals surface area contributed by atoms with Gasteiger partial charge in [-0.25, -0.2) is 0 Å². The second-order valence-corrected chi connectivity index (χ2v) is 10.7. The Morgan fingerprint density at radius 3 is 2.49 bits per heavy atom. The molecule has 1 atom stereocenters. The number of para-hydroxylation sites is 1. The van der Waals surface area contributed by atoms with Crippen LogP contribution >= 0.6 is 0 Å². The van der Waals surface area contributed by atoms with E-state index >= 15 is 0 Å². The molecule has 9 heteroatoms. The fraction of sp³-hybridized carbons (Fsp3) is 0.429. The van der Waals surface area contributed by atoms with Crippen LogP contribution in [0.1, 0.15) is 49.7 Å². The van der Waals surface area contributed by atoms with Crippen molar-refractivity contribution in [3.05, 3.63) is 59.8 Å². The largest absolute Gasteiger partial charge is 0.388 e. The Kier molecular flexibility index (Phi) is 7.75. The Balaban J connectivity index is 1.54. The van der Waals surface area contributed by atoms with Crippen LogP contribution in [0, 0.1) is 5.41 Å². The van der Waals surface area contributed by atoms with Crippen LogP contribution in [0.15, 0.2) is 53.5 Å². The monoisotopic (exact) mass is 505 g/mol. The van der Waals surface area contributed by atoms with Gasteiger partial charge in [0.1, 0.15) is 6.04 Å². The Bertz CT molecular complexity index is 1270. The zero-order chi connectivity index (χ0) is 26.6. The van der Waals surface area contributed by atoms with Gasteiger partial charge in [-0.05, 0) is 35.9 Å². The number of aliphatic imine (C=N–C) groups is 1. The third kappa shape index (κ3) is 6.23. The van der Waals surface area contributed by atoms with Gasteiger partial charge in [0.15, 0.2) is 5.69 Å². The number of hydrogen-bond donors (Lipinski definition) is 3. The number of amides is 2. The van der Waals surface area contributed by atoms with Crippen LogP contribution in [0.5, 0.6) is 0 Å². The van der Waals surface area contributed by atoms with Crippen LogP contribution < -0.4 is 10.6 Å². The molecule has 9 nitrogen and oxygen atoms in total. The average Bonchev–Trinajstić information content (AvgIpc) is 3.24. The van der Waals surface area contributed by atoms with Gasteiger partial charge in [0.25, 0.3) is 5.91 Å². The number of aromatic nitrogens is 2. The van der Waals surface area contributed by atoms with E-state index in [4.69, 9.17) is 4.74 Å². The normalized spacial score (nSPS) is 16.2. The molecule has 3 aromatic rings. The number of benzene rings is 2. The van der Waals surface area contributed by atoms with E-state index in [0.717, 1.165) is 16.8 Å². The molecule has 1 unspecified atom stereocenters. The van der Waals surface area contributed by atoms with Gasteiger partial charge < -0.3 is 20.5 Å². The summed E-state index contributed by atoms with van der Waals surface area (Å²) in [5, 5.41) is 21.8. The minimum Gasteiger partial charge on any atom is -0.388 e. The standard InChI is InChI=1S/C28H35N5O4/c1-27(2,3)24(26(35)30-18-28(36)13-15-37-16-14-28)31-25(34)23-21-7-5-6-8-22(21)33(32-23)17-19-9-11-20(29-4)12-10-19/h5-12,24,36H,4,13-18H2,1-3H3,(H,30,35)(H,31,34). The lowest BCUT2D eigenvalue weighted by Gasteiger charge is -2.34. The molecule has 1 aromatic heterocycles. The predicted octanol–water partition coefficient (Wildman–Crippen LogP) is 3.22. The van der Waals surface area contributed by atoms with Gasteiger partial charge in [0, 0.05) is 38.0 Å². The summed E-state index contributed by atoms with van der Waals surface area (Å²) in [7, 11) is 0. The Hall–Kier alpha value is -3.56. The van der Waals surface area contributed by atoms with Gasteiger partial charge in [-0.15, -0.1) is 0 Å². The third-order valence-corrected chi connectivity index (χ3v) is 6.74. The molecule has 0 spiro atoms. The molecule has 1 aliphatic heterocycles. The zero-order valence-electron chi connectivity index (χ0n) is 21.7. The number of ether oxygens (including phenoxy) is 1. The average molecular weight is 506 g/mol. The molecule has 1 saturated heterocycles. The van der Waals surface area contributed by atoms with Gasteiger partial charge in [-0.1, -0.05) is 51.1 Å². The summed E-state index contributed by atoms with van der Waals surface area (Å²) >= 11 is 0. The molecule has 0 saturated carbocycles. The molecule has 4 rings (SSSR count). The van der Waals surface area contributed by atoms with Crippen molar-refractivity contribution < 1.29 is 19.4 Å². The molecule has 0 radical (unpaired) electrons. The highest BCUT2D eigenvalue weighted by Crippen LogP contribution is 2.24. The third-order valence-electron chi connectivity index (χ3n) is 6.74. The lowest BCUT2D eigenvalue weighted by molar-refractivity contribution is -0.128. The van der Waals surface area contributed by atoms with E-state index in [1.807, 2.05) is 69.3 Å². The highest BCUT2D eigenvalue weighted by molar-refractivity contribution is 6.06. The van der Waals surface area contributed by atoms with E-state index < -0.39 is 23.0 Å². The van der Waals surface area contributed by atoms with Crippen LogP contribution in [-0.4, -0.2) is 64.8 Å². The first-order valence-electron chi connectivity index (χ1n) is 12.5. The first-order chi connectivity index (χ1) is 17.6. The van der Waals surface area contributed by atoms with Crippen molar-refractivity contribution in [1.29, 1.82) is 0 Å². The van der Waals surface area contributed by atoms with E-state index in [-0.39, 0.29) is 18.1 Å². The molecule has 196 valence electrons. The topological polar surface area (TPSA) is 118 Å². The molecule has 2 aromatic carbocycles. The number of hydrogen-bond acceptors (Lipinski definition) is 6. The van der Waals surface area contributed by atoms with E-state index in [1.165, 1.54) is 0 Å². The Labute approximate surface area is 216 Å². The van der Waals surface area contributed by atoms with Crippen LogP contribution in [0.3, 0.4) is 0 Å². The molecule has 37 heavy (non-hydrogen) atoms. The summed E-state index contributed by atoms with van der Waals surface area (Å²) in [5.41, 5.74) is 1.28. The first-order valence-corrected chi connectivity index (χ1v) is 12.5. The van der Waals surface area contributed by atoms with Crippen LogP contribution in [0.4, 0.5) is 5.69 Å². The predicted molar refractivity (Wildman–Crippen MR) is 143 cm³/mol. The van der Waals surface area contributed by atoms with Crippen molar-refractivity contribution in [2.75, 3.05) is 19.8 Å². The minimum atomic E-state index is -1.00. The van der Waals surface area contributed by atoms with E-state index in [9.17, 15) is 14.7 Å². The van der Waals surface area contributed by atoms with Crippen molar-refractivity contribution in [1.82, 2.24) is 20.4 Å². The Morgan fingerprint density at radius 1 is 1.16 bits per heavy atom. The summed E-state index contributed by atoms with van der Waals surface area (Å²) in [4.78, 5) is 30.6. The molecular formula is C28H35N5O4. The number of nitrogens with one attached hydrogen (secondary N) is 2.